The third-order valence-electron chi connectivity index (χ3n) is 4.88. The van der Waals surface area contributed by atoms with Crippen LogP contribution in [0.15, 0.2) is 48.5 Å². The van der Waals surface area contributed by atoms with Crippen LogP contribution in [0.4, 0.5) is 17.1 Å². The molecular weight excluding hydrogens is 352 g/mol. The van der Waals surface area contributed by atoms with E-state index in [-0.39, 0.29) is 11.8 Å². The van der Waals surface area contributed by atoms with Crippen LogP contribution < -0.4 is 15.5 Å². The standard InChI is InChI=1S/C22H28N4O2/c1-17-4-3-5-21(16-17)26-14-12-25(13-15-26)11-10-22(28)24-20-8-6-19(7-9-20)23-18(2)27/h3-9,16H,10-15H2,1-2H3,(H,23,27)(H,24,28). The summed E-state index contributed by atoms with van der Waals surface area (Å²) < 4.78 is 0. The van der Waals surface area contributed by atoms with Crippen molar-refractivity contribution in [2.75, 3.05) is 48.3 Å². The number of hydrogen-bond acceptors (Lipinski definition) is 4. The van der Waals surface area contributed by atoms with Gasteiger partial charge in [-0.2, -0.15) is 0 Å². The van der Waals surface area contributed by atoms with Gasteiger partial charge in [-0.25, -0.2) is 0 Å². The van der Waals surface area contributed by atoms with E-state index in [0.717, 1.165) is 44.1 Å². The van der Waals surface area contributed by atoms with E-state index in [1.807, 2.05) is 0 Å². The zero-order valence-electron chi connectivity index (χ0n) is 16.6. The fourth-order valence-corrected chi connectivity index (χ4v) is 3.38. The molecule has 0 atom stereocenters. The first-order valence-electron chi connectivity index (χ1n) is 9.71. The van der Waals surface area contributed by atoms with E-state index in [2.05, 4.69) is 51.6 Å². The van der Waals surface area contributed by atoms with Crippen molar-refractivity contribution in [3.05, 3.63) is 54.1 Å². The molecule has 1 fully saturated rings. The second-order valence-electron chi connectivity index (χ2n) is 7.22. The number of amides is 2. The first kappa shape index (κ1) is 19.9. The van der Waals surface area contributed by atoms with E-state index in [9.17, 15) is 9.59 Å². The monoisotopic (exact) mass is 380 g/mol. The van der Waals surface area contributed by atoms with E-state index in [1.54, 1.807) is 24.3 Å². The minimum Gasteiger partial charge on any atom is -0.369 e. The summed E-state index contributed by atoms with van der Waals surface area (Å²) in [6.45, 7) is 8.24. The zero-order valence-corrected chi connectivity index (χ0v) is 16.6. The lowest BCUT2D eigenvalue weighted by Crippen LogP contribution is -2.47. The zero-order chi connectivity index (χ0) is 19.9. The lowest BCUT2D eigenvalue weighted by atomic mass is 10.2. The minimum atomic E-state index is -0.112. The second-order valence-corrected chi connectivity index (χ2v) is 7.22. The molecule has 0 saturated carbocycles. The van der Waals surface area contributed by atoms with Crippen LogP contribution >= 0.6 is 0 Å². The lowest BCUT2D eigenvalue weighted by molar-refractivity contribution is -0.116. The van der Waals surface area contributed by atoms with Crippen molar-refractivity contribution < 1.29 is 9.59 Å². The van der Waals surface area contributed by atoms with Gasteiger partial charge in [0.1, 0.15) is 0 Å². The Balaban J connectivity index is 1.40. The van der Waals surface area contributed by atoms with Crippen LogP contribution in [0, 0.1) is 6.92 Å². The fourth-order valence-electron chi connectivity index (χ4n) is 3.38. The van der Waals surface area contributed by atoms with Gasteiger partial charge in [-0.05, 0) is 48.9 Å². The van der Waals surface area contributed by atoms with E-state index in [1.165, 1.54) is 18.2 Å². The first-order chi connectivity index (χ1) is 13.5. The van der Waals surface area contributed by atoms with E-state index in [4.69, 9.17) is 0 Å². The van der Waals surface area contributed by atoms with Crippen molar-refractivity contribution in [2.45, 2.75) is 20.3 Å². The van der Waals surface area contributed by atoms with Crippen molar-refractivity contribution in [1.82, 2.24) is 4.90 Å². The maximum atomic E-state index is 12.2. The summed E-state index contributed by atoms with van der Waals surface area (Å²) >= 11 is 0. The Morgan fingerprint density at radius 3 is 2.18 bits per heavy atom. The predicted molar refractivity (Wildman–Crippen MR) is 114 cm³/mol. The summed E-state index contributed by atoms with van der Waals surface area (Å²) in [5, 5.41) is 5.62. The number of carbonyl (C=O) groups is 2. The van der Waals surface area contributed by atoms with Crippen molar-refractivity contribution in [1.29, 1.82) is 0 Å². The number of nitrogens with one attached hydrogen (secondary N) is 2. The normalized spacial score (nSPS) is 14.6. The Morgan fingerprint density at radius 2 is 1.57 bits per heavy atom. The van der Waals surface area contributed by atoms with Crippen LogP contribution in [0.2, 0.25) is 0 Å². The molecule has 3 rings (SSSR count). The quantitative estimate of drug-likeness (QED) is 0.808. The van der Waals surface area contributed by atoms with Crippen molar-refractivity contribution in [2.24, 2.45) is 0 Å². The molecule has 1 heterocycles. The van der Waals surface area contributed by atoms with Gasteiger partial charge in [0.05, 0.1) is 0 Å². The molecule has 148 valence electrons. The molecule has 2 amide bonds. The fraction of sp³-hybridized carbons (Fsp3) is 0.364. The van der Waals surface area contributed by atoms with E-state index in [0.29, 0.717) is 6.42 Å². The van der Waals surface area contributed by atoms with Gasteiger partial charge in [0, 0.05) is 63.1 Å². The molecular formula is C22H28N4O2. The average molecular weight is 380 g/mol. The molecule has 2 N–H and O–H groups in total. The number of carbonyl (C=O) groups excluding carboxylic acids is 2. The topological polar surface area (TPSA) is 64.7 Å². The summed E-state index contributed by atoms with van der Waals surface area (Å²) in [5.74, 6) is -0.104. The molecule has 1 aliphatic heterocycles. The lowest BCUT2D eigenvalue weighted by Gasteiger charge is -2.36. The molecule has 6 nitrogen and oxygen atoms in total. The minimum absolute atomic E-state index is 0.00777. The highest BCUT2D eigenvalue weighted by molar-refractivity contribution is 5.92. The largest absolute Gasteiger partial charge is 0.369 e. The Labute approximate surface area is 166 Å². The molecule has 6 heteroatoms. The number of anilines is 3. The predicted octanol–water partition coefficient (Wildman–Crippen LogP) is 3.10. The molecule has 0 radical (unpaired) electrons. The Kier molecular flexibility index (Phi) is 6.66. The Morgan fingerprint density at radius 1 is 0.929 bits per heavy atom. The molecule has 0 unspecified atom stereocenters. The van der Waals surface area contributed by atoms with E-state index < -0.39 is 0 Å². The highest BCUT2D eigenvalue weighted by Crippen LogP contribution is 2.18. The van der Waals surface area contributed by atoms with Gasteiger partial charge in [-0.1, -0.05) is 12.1 Å². The average Bonchev–Trinajstić information content (AvgIpc) is 2.68. The van der Waals surface area contributed by atoms with Gasteiger partial charge in [0.25, 0.3) is 0 Å². The number of nitrogens with zero attached hydrogens (tertiary/aromatic N) is 2. The molecule has 0 bridgehead atoms. The maximum Gasteiger partial charge on any atom is 0.225 e. The molecule has 28 heavy (non-hydrogen) atoms. The van der Waals surface area contributed by atoms with Crippen LogP contribution in [0.25, 0.3) is 0 Å². The summed E-state index contributed by atoms with van der Waals surface area (Å²) in [6.07, 6.45) is 0.470. The van der Waals surface area contributed by atoms with Gasteiger partial charge < -0.3 is 15.5 Å². The number of hydrogen-bond donors (Lipinski definition) is 2. The Bertz CT molecular complexity index is 812. The smallest absolute Gasteiger partial charge is 0.225 e. The van der Waals surface area contributed by atoms with E-state index >= 15 is 0 Å². The van der Waals surface area contributed by atoms with Gasteiger partial charge in [-0.15, -0.1) is 0 Å². The highest BCUT2D eigenvalue weighted by Gasteiger charge is 2.17. The molecule has 1 saturated heterocycles. The maximum absolute atomic E-state index is 12.2. The molecule has 1 aliphatic rings. The number of rotatable bonds is 6. The van der Waals surface area contributed by atoms with Crippen molar-refractivity contribution in [3.8, 4) is 0 Å². The SMILES string of the molecule is CC(=O)Nc1ccc(NC(=O)CCN2CCN(c3cccc(C)c3)CC2)cc1. The van der Waals surface area contributed by atoms with Crippen LogP contribution in [-0.4, -0.2) is 49.4 Å². The number of piperazine rings is 1. The van der Waals surface area contributed by atoms with Crippen LogP contribution in [0.1, 0.15) is 18.9 Å². The van der Waals surface area contributed by atoms with Gasteiger partial charge in [-0.3, -0.25) is 14.5 Å². The summed E-state index contributed by atoms with van der Waals surface area (Å²) in [6, 6.07) is 15.8. The van der Waals surface area contributed by atoms with Crippen LogP contribution in [0.5, 0.6) is 0 Å². The molecule has 0 aliphatic carbocycles. The third-order valence-corrected chi connectivity index (χ3v) is 4.88. The third kappa shape index (κ3) is 5.82. The summed E-state index contributed by atoms with van der Waals surface area (Å²) in [7, 11) is 0. The summed E-state index contributed by atoms with van der Waals surface area (Å²) in [5.41, 5.74) is 4.02. The van der Waals surface area contributed by atoms with Gasteiger partial charge >= 0.3 is 0 Å². The van der Waals surface area contributed by atoms with Crippen molar-refractivity contribution in [3.63, 3.8) is 0 Å². The summed E-state index contributed by atoms with van der Waals surface area (Å²) in [4.78, 5) is 28.0. The van der Waals surface area contributed by atoms with Gasteiger partial charge in [0.15, 0.2) is 0 Å². The highest BCUT2D eigenvalue weighted by atomic mass is 16.2. The number of benzene rings is 2. The molecule has 0 spiro atoms. The second kappa shape index (κ2) is 9.37. The molecule has 2 aromatic rings. The van der Waals surface area contributed by atoms with Gasteiger partial charge in [0.2, 0.25) is 11.8 Å². The number of aryl methyl sites for hydroxylation is 1. The van der Waals surface area contributed by atoms with Crippen molar-refractivity contribution >= 4 is 28.9 Å². The Hall–Kier alpha value is -2.86. The molecule has 2 aromatic carbocycles. The first-order valence-corrected chi connectivity index (χ1v) is 9.71. The van der Waals surface area contributed by atoms with Crippen LogP contribution in [0.3, 0.4) is 0 Å². The van der Waals surface area contributed by atoms with Crippen LogP contribution in [-0.2, 0) is 9.59 Å². The molecule has 0 aromatic heterocycles.